The molecule has 1 fully saturated rings. The molecule has 1 aromatic carbocycles. The van der Waals surface area contributed by atoms with Gasteiger partial charge in [-0.3, -0.25) is 0 Å². The van der Waals surface area contributed by atoms with Gasteiger partial charge in [0.05, 0.1) is 0 Å². The lowest BCUT2D eigenvalue weighted by Crippen LogP contribution is -2.49. The minimum absolute atomic E-state index is 0.213. The van der Waals surface area contributed by atoms with E-state index in [1.807, 2.05) is 0 Å². The molecule has 0 radical (unpaired) electrons. The average molecular weight is 217 g/mol. The normalized spacial score (nSPS) is 26.0. The number of hydrogen-bond donors (Lipinski definition) is 1. The highest BCUT2D eigenvalue weighted by Gasteiger charge is 2.36. The number of hydrogen-bond acceptors (Lipinski definition) is 1. The molecule has 1 aliphatic rings. The summed E-state index contributed by atoms with van der Waals surface area (Å²) in [5, 5.41) is 3.78. The lowest BCUT2D eigenvalue weighted by atomic mass is 9.74. The first kappa shape index (κ1) is 11.7. The van der Waals surface area contributed by atoms with Crippen LogP contribution in [0.15, 0.2) is 24.3 Å². The van der Waals surface area contributed by atoms with Crippen molar-refractivity contribution in [3.63, 3.8) is 0 Å². The van der Waals surface area contributed by atoms with E-state index in [0.717, 1.165) is 6.54 Å². The third-order valence-electron chi connectivity index (χ3n) is 3.96. The van der Waals surface area contributed by atoms with Crippen LogP contribution < -0.4 is 5.32 Å². The molecule has 1 N–H and O–H groups in total. The predicted molar refractivity (Wildman–Crippen MR) is 69.5 cm³/mol. The van der Waals surface area contributed by atoms with Gasteiger partial charge in [-0.1, -0.05) is 43.7 Å². The Morgan fingerprint density at radius 3 is 2.62 bits per heavy atom. The number of nitrogens with one attached hydrogen (secondary N) is 1. The molecule has 0 spiro atoms. The third kappa shape index (κ3) is 2.01. The molecule has 0 saturated carbocycles. The summed E-state index contributed by atoms with van der Waals surface area (Å²) in [5.74, 6) is 0.648. The van der Waals surface area contributed by atoms with Gasteiger partial charge < -0.3 is 5.32 Å². The summed E-state index contributed by atoms with van der Waals surface area (Å²) in [6.07, 6.45) is 3.94. The fourth-order valence-corrected chi connectivity index (χ4v) is 2.92. The molecule has 1 heterocycles. The first-order chi connectivity index (χ1) is 7.65. The molecule has 0 aliphatic carbocycles. The Morgan fingerprint density at radius 2 is 2.06 bits per heavy atom. The molecule has 0 amide bonds. The topological polar surface area (TPSA) is 12.0 Å². The smallest absolute Gasteiger partial charge is 0.0457 e. The van der Waals surface area contributed by atoms with Crippen LogP contribution in [-0.4, -0.2) is 6.54 Å². The van der Waals surface area contributed by atoms with E-state index in [9.17, 15) is 0 Å². The van der Waals surface area contributed by atoms with Gasteiger partial charge in [0, 0.05) is 5.54 Å². The van der Waals surface area contributed by atoms with Crippen molar-refractivity contribution in [2.24, 2.45) is 5.92 Å². The van der Waals surface area contributed by atoms with Gasteiger partial charge in [-0.05, 0) is 44.2 Å². The fourth-order valence-electron chi connectivity index (χ4n) is 2.92. The molecule has 16 heavy (non-hydrogen) atoms. The Bertz CT molecular complexity index is 348. The molecule has 1 aromatic rings. The monoisotopic (exact) mass is 217 g/mol. The number of benzene rings is 1. The van der Waals surface area contributed by atoms with Gasteiger partial charge >= 0.3 is 0 Å². The van der Waals surface area contributed by atoms with E-state index in [1.165, 1.54) is 30.4 Å². The second-order valence-electron chi connectivity index (χ2n) is 5.38. The highest BCUT2D eigenvalue weighted by atomic mass is 15.0. The van der Waals surface area contributed by atoms with Crippen LogP contribution in [-0.2, 0) is 5.54 Å². The number of piperidine rings is 1. The molecule has 1 saturated heterocycles. The van der Waals surface area contributed by atoms with Gasteiger partial charge in [0.2, 0.25) is 0 Å². The first-order valence-electron chi connectivity index (χ1n) is 6.47. The Morgan fingerprint density at radius 1 is 1.25 bits per heavy atom. The van der Waals surface area contributed by atoms with Crippen LogP contribution in [0.1, 0.15) is 44.2 Å². The van der Waals surface area contributed by atoms with Crippen molar-refractivity contribution in [2.45, 2.75) is 45.6 Å². The lowest BCUT2D eigenvalue weighted by molar-refractivity contribution is 0.184. The van der Waals surface area contributed by atoms with Crippen molar-refractivity contribution < 1.29 is 0 Å². The SMILES string of the molecule is Cc1cccc(C2(C(C)C)CCCCN2)c1. The minimum Gasteiger partial charge on any atom is -0.307 e. The van der Waals surface area contributed by atoms with E-state index in [1.54, 1.807) is 0 Å². The molecule has 0 bridgehead atoms. The molecule has 1 atom stereocenters. The average Bonchev–Trinajstić information content (AvgIpc) is 2.30. The van der Waals surface area contributed by atoms with Crippen LogP contribution in [0.2, 0.25) is 0 Å². The Kier molecular flexibility index (Phi) is 3.34. The van der Waals surface area contributed by atoms with Crippen LogP contribution in [0.5, 0.6) is 0 Å². The van der Waals surface area contributed by atoms with Crippen LogP contribution in [0.4, 0.5) is 0 Å². The zero-order valence-corrected chi connectivity index (χ0v) is 10.7. The van der Waals surface area contributed by atoms with Crippen LogP contribution in [0.25, 0.3) is 0 Å². The van der Waals surface area contributed by atoms with E-state index in [0.29, 0.717) is 5.92 Å². The quantitative estimate of drug-likeness (QED) is 0.798. The first-order valence-corrected chi connectivity index (χ1v) is 6.47. The van der Waals surface area contributed by atoms with E-state index in [4.69, 9.17) is 0 Å². The van der Waals surface area contributed by atoms with Crippen molar-refractivity contribution in [1.82, 2.24) is 5.32 Å². The molecule has 1 nitrogen and oxygen atoms in total. The molecule has 88 valence electrons. The Balaban J connectivity index is 2.38. The summed E-state index contributed by atoms with van der Waals surface area (Å²) < 4.78 is 0. The summed E-state index contributed by atoms with van der Waals surface area (Å²) >= 11 is 0. The zero-order valence-electron chi connectivity index (χ0n) is 10.7. The second kappa shape index (κ2) is 4.58. The maximum absolute atomic E-state index is 3.78. The summed E-state index contributed by atoms with van der Waals surface area (Å²) in [6.45, 7) is 8.01. The Hall–Kier alpha value is -0.820. The lowest BCUT2D eigenvalue weighted by Gasteiger charge is -2.42. The van der Waals surface area contributed by atoms with Gasteiger partial charge in [0.1, 0.15) is 0 Å². The molecule has 1 aliphatic heterocycles. The highest BCUT2D eigenvalue weighted by Crippen LogP contribution is 2.37. The van der Waals surface area contributed by atoms with Crippen molar-refractivity contribution in [3.05, 3.63) is 35.4 Å². The van der Waals surface area contributed by atoms with Crippen molar-refractivity contribution in [1.29, 1.82) is 0 Å². The van der Waals surface area contributed by atoms with E-state index >= 15 is 0 Å². The van der Waals surface area contributed by atoms with Gasteiger partial charge in [0.15, 0.2) is 0 Å². The summed E-state index contributed by atoms with van der Waals surface area (Å²) in [5.41, 5.74) is 3.05. The minimum atomic E-state index is 0.213. The summed E-state index contributed by atoms with van der Waals surface area (Å²) in [6, 6.07) is 9.00. The molecule has 2 rings (SSSR count). The summed E-state index contributed by atoms with van der Waals surface area (Å²) in [4.78, 5) is 0. The second-order valence-corrected chi connectivity index (χ2v) is 5.38. The fraction of sp³-hybridized carbons (Fsp3) is 0.600. The molecule has 0 aromatic heterocycles. The molecule has 1 heteroatoms. The van der Waals surface area contributed by atoms with Gasteiger partial charge in [0.25, 0.3) is 0 Å². The van der Waals surface area contributed by atoms with Crippen LogP contribution in [0.3, 0.4) is 0 Å². The van der Waals surface area contributed by atoms with E-state index in [2.05, 4.69) is 50.4 Å². The Labute approximate surface area is 99.3 Å². The maximum Gasteiger partial charge on any atom is 0.0457 e. The molecule has 1 unspecified atom stereocenters. The van der Waals surface area contributed by atoms with Gasteiger partial charge in [-0.2, -0.15) is 0 Å². The number of rotatable bonds is 2. The number of aryl methyl sites for hydroxylation is 1. The van der Waals surface area contributed by atoms with Gasteiger partial charge in [-0.15, -0.1) is 0 Å². The zero-order chi connectivity index (χ0) is 11.6. The van der Waals surface area contributed by atoms with E-state index in [-0.39, 0.29) is 5.54 Å². The van der Waals surface area contributed by atoms with Crippen molar-refractivity contribution in [2.75, 3.05) is 6.54 Å². The van der Waals surface area contributed by atoms with Crippen LogP contribution in [0, 0.1) is 12.8 Å². The largest absolute Gasteiger partial charge is 0.307 e. The third-order valence-corrected chi connectivity index (χ3v) is 3.96. The standard InChI is InChI=1S/C15H23N/c1-12(2)15(9-4-5-10-16-15)14-8-6-7-13(3)11-14/h6-8,11-12,16H,4-5,9-10H2,1-3H3. The highest BCUT2D eigenvalue weighted by molar-refractivity contribution is 5.30. The predicted octanol–water partition coefficient (Wildman–Crippen LogP) is 3.62. The van der Waals surface area contributed by atoms with E-state index < -0.39 is 0 Å². The summed E-state index contributed by atoms with van der Waals surface area (Å²) in [7, 11) is 0. The molecular formula is C15H23N. The van der Waals surface area contributed by atoms with Gasteiger partial charge in [-0.25, -0.2) is 0 Å². The molecular weight excluding hydrogens is 194 g/mol. The maximum atomic E-state index is 3.78. The van der Waals surface area contributed by atoms with Crippen LogP contribution >= 0.6 is 0 Å². The van der Waals surface area contributed by atoms with Crippen molar-refractivity contribution in [3.8, 4) is 0 Å². The van der Waals surface area contributed by atoms with Crippen molar-refractivity contribution >= 4 is 0 Å².